The van der Waals surface area contributed by atoms with E-state index in [9.17, 15) is 4.79 Å². The Labute approximate surface area is 78.1 Å². The summed E-state index contributed by atoms with van der Waals surface area (Å²) < 4.78 is 1.17. The highest BCUT2D eigenvalue weighted by molar-refractivity contribution is 14.1. The van der Waals surface area contributed by atoms with Gasteiger partial charge in [-0.25, -0.2) is 0 Å². The van der Waals surface area contributed by atoms with Crippen molar-refractivity contribution < 1.29 is 4.79 Å². The topological polar surface area (TPSA) is 29.1 Å². The number of fused-ring (bicyclic) bond motifs is 1. The average Bonchev–Trinajstić information content (AvgIpc) is 2.31. The fraction of sp³-hybridized carbons (Fsp3) is 0.125. The maximum absolute atomic E-state index is 10.9. The first-order valence-corrected chi connectivity index (χ1v) is 4.42. The van der Waals surface area contributed by atoms with Gasteiger partial charge in [0.25, 0.3) is 0 Å². The van der Waals surface area contributed by atoms with Crippen LogP contribution >= 0.6 is 22.6 Å². The number of hydrogen-bond acceptors (Lipinski definition) is 1. The van der Waals surface area contributed by atoms with E-state index in [-0.39, 0.29) is 5.91 Å². The lowest BCUT2D eigenvalue weighted by atomic mass is 10.2. The second-order valence-electron chi connectivity index (χ2n) is 2.49. The number of benzene rings is 1. The summed E-state index contributed by atoms with van der Waals surface area (Å²) in [6.45, 7) is 0. The molecule has 0 aromatic heterocycles. The summed E-state index contributed by atoms with van der Waals surface area (Å²) in [7, 11) is 0. The molecule has 2 rings (SSSR count). The Morgan fingerprint density at radius 3 is 3.00 bits per heavy atom. The molecule has 0 unspecified atom stereocenters. The minimum atomic E-state index is 0.101. The minimum Gasteiger partial charge on any atom is -0.325 e. The molecule has 0 saturated carbocycles. The van der Waals surface area contributed by atoms with E-state index < -0.39 is 0 Å². The van der Waals surface area contributed by atoms with Gasteiger partial charge in [0.2, 0.25) is 5.91 Å². The molecule has 0 radical (unpaired) electrons. The van der Waals surface area contributed by atoms with E-state index in [4.69, 9.17) is 0 Å². The third-order valence-corrected chi connectivity index (χ3v) is 2.74. The van der Waals surface area contributed by atoms with Crippen molar-refractivity contribution in [2.45, 2.75) is 6.42 Å². The minimum absolute atomic E-state index is 0.101. The Hall–Kier alpha value is -0.580. The van der Waals surface area contributed by atoms with Crippen LogP contribution in [0.5, 0.6) is 0 Å². The predicted octanol–water partition coefficient (Wildman–Crippen LogP) is 1.79. The van der Waals surface area contributed by atoms with Gasteiger partial charge in [0.15, 0.2) is 0 Å². The summed E-state index contributed by atoms with van der Waals surface area (Å²) in [6.07, 6.45) is 0.536. The summed E-state index contributed by atoms with van der Waals surface area (Å²) in [4.78, 5) is 10.9. The van der Waals surface area contributed by atoms with Crippen LogP contribution in [-0.2, 0) is 11.2 Å². The smallest absolute Gasteiger partial charge is 0.228 e. The van der Waals surface area contributed by atoms with Gasteiger partial charge in [0, 0.05) is 9.26 Å². The number of carbonyl (C=O) groups is 1. The summed E-state index contributed by atoms with van der Waals surface area (Å²) in [6, 6.07) is 5.90. The zero-order valence-corrected chi connectivity index (χ0v) is 7.88. The van der Waals surface area contributed by atoms with Gasteiger partial charge in [0.05, 0.1) is 6.42 Å². The normalized spacial score (nSPS) is 14.5. The summed E-state index contributed by atoms with van der Waals surface area (Å²) in [5.41, 5.74) is 2.11. The monoisotopic (exact) mass is 259 g/mol. The van der Waals surface area contributed by atoms with Gasteiger partial charge in [-0.15, -0.1) is 0 Å². The SMILES string of the molecule is O=C1Cc2c(I)cccc2N1. The lowest BCUT2D eigenvalue weighted by Crippen LogP contribution is -2.03. The van der Waals surface area contributed by atoms with Crippen LogP contribution in [0.3, 0.4) is 0 Å². The van der Waals surface area contributed by atoms with Gasteiger partial charge in [-0.2, -0.15) is 0 Å². The van der Waals surface area contributed by atoms with E-state index in [0.717, 1.165) is 11.3 Å². The molecular formula is C8H6INO. The molecule has 0 fully saturated rings. The first kappa shape index (κ1) is 7.09. The highest BCUT2D eigenvalue weighted by Gasteiger charge is 2.18. The van der Waals surface area contributed by atoms with E-state index in [2.05, 4.69) is 27.9 Å². The van der Waals surface area contributed by atoms with Crippen LogP contribution in [0.2, 0.25) is 0 Å². The molecule has 0 bridgehead atoms. The molecular weight excluding hydrogens is 253 g/mol. The van der Waals surface area contributed by atoms with Crippen LogP contribution in [0.1, 0.15) is 5.56 Å². The Morgan fingerprint density at radius 2 is 2.27 bits per heavy atom. The highest BCUT2D eigenvalue weighted by Crippen LogP contribution is 2.26. The first-order valence-electron chi connectivity index (χ1n) is 3.34. The third-order valence-electron chi connectivity index (χ3n) is 1.73. The fourth-order valence-corrected chi connectivity index (χ4v) is 1.90. The van der Waals surface area contributed by atoms with Gasteiger partial charge in [-0.05, 0) is 40.3 Å². The summed E-state index contributed by atoms with van der Waals surface area (Å²) >= 11 is 2.24. The van der Waals surface area contributed by atoms with Crippen molar-refractivity contribution >= 4 is 34.2 Å². The van der Waals surface area contributed by atoms with E-state index in [0.29, 0.717) is 6.42 Å². The summed E-state index contributed by atoms with van der Waals surface area (Å²) in [5.74, 6) is 0.101. The van der Waals surface area contributed by atoms with Crippen molar-refractivity contribution in [1.82, 2.24) is 0 Å². The Bertz CT molecular complexity index is 322. The molecule has 0 saturated heterocycles. The predicted molar refractivity (Wildman–Crippen MR) is 51.5 cm³/mol. The number of halogens is 1. The molecule has 1 amide bonds. The molecule has 11 heavy (non-hydrogen) atoms. The number of rotatable bonds is 0. The van der Waals surface area contributed by atoms with Gasteiger partial charge >= 0.3 is 0 Å². The second-order valence-corrected chi connectivity index (χ2v) is 3.65. The number of amides is 1. The van der Waals surface area contributed by atoms with Crippen molar-refractivity contribution in [2.24, 2.45) is 0 Å². The molecule has 0 atom stereocenters. The number of carbonyl (C=O) groups excluding carboxylic acids is 1. The van der Waals surface area contributed by atoms with Crippen molar-refractivity contribution in [3.8, 4) is 0 Å². The molecule has 2 nitrogen and oxygen atoms in total. The Balaban J connectivity index is 2.57. The molecule has 1 heterocycles. The average molecular weight is 259 g/mol. The molecule has 1 aromatic carbocycles. The van der Waals surface area contributed by atoms with Gasteiger partial charge < -0.3 is 5.32 Å². The lowest BCUT2D eigenvalue weighted by molar-refractivity contribution is -0.115. The third kappa shape index (κ3) is 1.13. The zero-order valence-electron chi connectivity index (χ0n) is 5.73. The van der Waals surface area contributed by atoms with Crippen LogP contribution < -0.4 is 5.32 Å². The first-order chi connectivity index (χ1) is 5.27. The fourth-order valence-electron chi connectivity index (χ4n) is 1.21. The standard InChI is InChI=1S/C8H6INO/c9-6-2-1-3-7-5(6)4-8(11)10-7/h1-3H,4H2,(H,10,11). The van der Waals surface area contributed by atoms with Crippen LogP contribution in [0, 0.1) is 3.57 Å². The molecule has 1 N–H and O–H groups in total. The van der Waals surface area contributed by atoms with E-state index in [1.165, 1.54) is 3.57 Å². The number of anilines is 1. The van der Waals surface area contributed by atoms with Gasteiger partial charge in [-0.3, -0.25) is 4.79 Å². The molecule has 0 aliphatic carbocycles. The number of hydrogen-bond donors (Lipinski definition) is 1. The maximum Gasteiger partial charge on any atom is 0.228 e. The summed E-state index contributed by atoms with van der Waals surface area (Å²) in [5, 5.41) is 2.79. The molecule has 3 heteroatoms. The van der Waals surface area contributed by atoms with Crippen molar-refractivity contribution in [2.75, 3.05) is 5.32 Å². The Morgan fingerprint density at radius 1 is 1.45 bits per heavy atom. The van der Waals surface area contributed by atoms with Crippen molar-refractivity contribution in [3.05, 3.63) is 27.3 Å². The molecule has 1 aromatic rings. The van der Waals surface area contributed by atoms with Crippen molar-refractivity contribution in [3.63, 3.8) is 0 Å². The second kappa shape index (κ2) is 2.48. The van der Waals surface area contributed by atoms with E-state index >= 15 is 0 Å². The molecule has 56 valence electrons. The molecule has 1 aliphatic heterocycles. The van der Waals surface area contributed by atoms with Crippen LogP contribution in [0.15, 0.2) is 18.2 Å². The zero-order chi connectivity index (χ0) is 7.84. The van der Waals surface area contributed by atoms with Crippen LogP contribution in [0.25, 0.3) is 0 Å². The van der Waals surface area contributed by atoms with E-state index in [1.807, 2.05) is 18.2 Å². The van der Waals surface area contributed by atoms with Crippen molar-refractivity contribution in [1.29, 1.82) is 0 Å². The van der Waals surface area contributed by atoms with Gasteiger partial charge in [-0.1, -0.05) is 6.07 Å². The quantitative estimate of drug-likeness (QED) is 0.707. The van der Waals surface area contributed by atoms with E-state index in [1.54, 1.807) is 0 Å². The van der Waals surface area contributed by atoms with Crippen LogP contribution in [-0.4, -0.2) is 5.91 Å². The molecule has 1 aliphatic rings. The van der Waals surface area contributed by atoms with Gasteiger partial charge in [0.1, 0.15) is 0 Å². The molecule has 0 spiro atoms. The largest absolute Gasteiger partial charge is 0.325 e. The lowest BCUT2D eigenvalue weighted by Gasteiger charge is -1.97. The number of nitrogens with one attached hydrogen (secondary N) is 1. The van der Waals surface area contributed by atoms with Crippen LogP contribution in [0.4, 0.5) is 5.69 Å². The maximum atomic E-state index is 10.9. The highest BCUT2D eigenvalue weighted by atomic mass is 127. The Kier molecular flexibility index (Phi) is 1.60.